The smallest absolute Gasteiger partial charge is 0.188 e. The molecule has 16 heavy (non-hydrogen) atoms. The van der Waals surface area contributed by atoms with E-state index >= 15 is 0 Å². The molecule has 0 aliphatic heterocycles. The van der Waals surface area contributed by atoms with Gasteiger partial charge in [0.05, 0.1) is 0 Å². The van der Waals surface area contributed by atoms with Crippen molar-refractivity contribution < 1.29 is 0 Å². The van der Waals surface area contributed by atoms with Gasteiger partial charge in [0.15, 0.2) is 5.16 Å². The molecule has 0 atom stereocenters. The van der Waals surface area contributed by atoms with Crippen molar-refractivity contribution in [3.8, 4) is 0 Å². The van der Waals surface area contributed by atoms with Crippen molar-refractivity contribution in [3.05, 3.63) is 17.0 Å². The summed E-state index contributed by atoms with van der Waals surface area (Å²) in [6.45, 7) is 6.19. The molecule has 1 aliphatic carbocycles. The van der Waals surface area contributed by atoms with E-state index in [0.717, 1.165) is 28.0 Å². The maximum atomic E-state index is 4.53. The molecule has 1 heterocycles. The van der Waals surface area contributed by atoms with Crippen molar-refractivity contribution in [1.29, 1.82) is 0 Å². The minimum atomic E-state index is 0.476. The molecule has 0 aromatic carbocycles. The number of aryl methyl sites for hydroxylation is 2. The standard InChI is InChI=1S/C12H18N2S2/c1-8-9(2)13-11(14-10(8)3)16-7-12(6-15)4-5-12/h15H,4-7H2,1-3H3. The third-order valence-electron chi connectivity index (χ3n) is 3.41. The average molecular weight is 254 g/mol. The topological polar surface area (TPSA) is 25.8 Å². The maximum Gasteiger partial charge on any atom is 0.188 e. The Labute approximate surface area is 107 Å². The molecule has 2 nitrogen and oxygen atoms in total. The highest BCUT2D eigenvalue weighted by Crippen LogP contribution is 2.49. The van der Waals surface area contributed by atoms with Crippen molar-refractivity contribution in [3.63, 3.8) is 0 Å². The first kappa shape index (κ1) is 12.2. The summed E-state index contributed by atoms with van der Waals surface area (Å²) in [4.78, 5) is 9.05. The van der Waals surface area contributed by atoms with Crippen molar-refractivity contribution in [2.45, 2.75) is 38.8 Å². The summed E-state index contributed by atoms with van der Waals surface area (Å²) < 4.78 is 0. The SMILES string of the molecule is Cc1nc(SCC2(CS)CC2)nc(C)c1C. The van der Waals surface area contributed by atoms with Crippen LogP contribution in [0.2, 0.25) is 0 Å². The third kappa shape index (κ3) is 2.54. The van der Waals surface area contributed by atoms with E-state index in [2.05, 4.69) is 43.4 Å². The van der Waals surface area contributed by atoms with E-state index in [1.54, 1.807) is 11.8 Å². The molecule has 0 radical (unpaired) electrons. The minimum Gasteiger partial charge on any atom is -0.228 e. The van der Waals surface area contributed by atoms with Crippen LogP contribution in [0.4, 0.5) is 0 Å². The molecule has 1 aliphatic rings. The zero-order valence-electron chi connectivity index (χ0n) is 10.1. The summed E-state index contributed by atoms with van der Waals surface area (Å²) in [6.07, 6.45) is 2.63. The highest BCUT2D eigenvalue weighted by Gasteiger charge is 2.41. The van der Waals surface area contributed by atoms with Crippen molar-refractivity contribution in [2.75, 3.05) is 11.5 Å². The summed E-state index contributed by atoms with van der Waals surface area (Å²) >= 11 is 6.19. The molecular weight excluding hydrogens is 236 g/mol. The van der Waals surface area contributed by atoms with Gasteiger partial charge in [0, 0.05) is 17.1 Å². The summed E-state index contributed by atoms with van der Waals surface area (Å²) in [5.74, 6) is 2.10. The van der Waals surface area contributed by atoms with Crippen LogP contribution in [-0.4, -0.2) is 21.5 Å². The zero-order valence-corrected chi connectivity index (χ0v) is 11.8. The summed E-state index contributed by atoms with van der Waals surface area (Å²) in [5.41, 5.74) is 3.89. The molecule has 88 valence electrons. The normalized spacial score (nSPS) is 17.5. The van der Waals surface area contributed by atoms with Crippen LogP contribution in [0.15, 0.2) is 5.16 Å². The van der Waals surface area contributed by atoms with Gasteiger partial charge in [-0.2, -0.15) is 12.6 Å². The number of hydrogen-bond acceptors (Lipinski definition) is 4. The van der Waals surface area contributed by atoms with Crippen LogP contribution < -0.4 is 0 Å². The van der Waals surface area contributed by atoms with Crippen LogP contribution in [0.5, 0.6) is 0 Å². The Bertz CT molecular complexity index is 377. The molecule has 1 saturated carbocycles. The van der Waals surface area contributed by atoms with Crippen LogP contribution in [0.3, 0.4) is 0 Å². The predicted molar refractivity (Wildman–Crippen MR) is 72.5 cm³/mol. The fraction of sp³-hybridized carbons (Fsp3) is 0.667. The number of nitrogens with zero attached hydrogens (tertiary/aromatic N) is 2. The Morgan fingerprint density at radius 3 is 2.19 bits per heavy atom. The Morgan fingerprint density at radius 2 is 1.75 bits per heavy atom. The lowest BCUT2D eigenvalue weighted by atomic mass is 10.2. The van der Waals surface area contributed by atoms with Gasteiger partial charge in [-0.05, 0) is 50.3 Å². The maximum absolute atomic E-state index is 4.53. The minimum absolute atomic E-state index is 0.476. The van der Waals surface area contributed by atoms with Gasteiger partial charge in [-0.15, -0.1) is 0 Å². The first-order valence-corrected chi connectivity index (χ1v) is 7.24. The summed E-state index contributed by atoms with van der Waals surface area (Å²) in [5, 5.41) is 0.925. The number of aromatic nitrogens is 2. The van der Waals surface area contributed by atoms with Gasteiger partial charge in [-0.3, -0.25) is 0 Å². The molecule has 1 aromatic rings. The van der Waals surface area contributed by atoms with Crippen LogP contribution in [0, 0.1) is 26.2 Å². The number of thiol groups is 1. The van der Waals surface area contributed by atoms with Gasteiger partial charge in [0.25, 0.3) is 0 Å². The highest BCUT2D eigenvalue weighted by atomic mass is 32.2. The van der Waals surface area contributed by atoms with E-state index in [9.17, 15) is 0 Å². The second-order valence-electron chi connectivity index (χ2n) is 4.75. The molecule has 0 amide bonds. The van der Waals surface area contributed by atoms with Gasteiger partial charge in [0.2, 0.25) is 0 Å². The quantitative estimate of drug-likeness (QED) is 0.507. The summed E-state index contributed by atoms with van der Waals surface area (Å²) in [6, 6.07) is 0. The van der Waals surface area contributed by atoms with E-state index in [0.29, 0.717) is 5.41 Å². The highest BCUT2D eigenvalue weighted by molar-refractivity contribution is 7.99. The van der Waals surface area contributed by atoms with Gasteiger partial charge >= 0.3 is 0 Å². The van der Waals surface area contributed by atoms with Crippen LogP contribution in [0.25, 0.3) is 0 Å². The third-order valence-corrected chi connectivity index (χ3v) is 5.28. The van der Waals surface area contributed by atoms with Gasteiger partial charge in [-0.25, -0.2) is 9.97 Å². The lowest BCUT2D eigenvalue weighted by Crippen LogP contribution is -2.07. The lowest BCUT2D eigenvalue weighted by Gasteiger charge is -2.11. The van der Waals surface area contributed by atoms with Crippen LogP contribution in [-0.2, 0) is 0 Å². The van der Waals surface area contributed by atoms with E-state index in [4.69, 9.17) is 0 Å². The number of hydrogen-bond donors (Lipinski definition) is 1. The lowest BCUT2D eigenvalue weighted by molar-refractivity contribution is 0.680. The van der Waals surface area contributed by atoms with Gasteiger partial charge in [-0.1, -0.05) is 11.8 Å². The predicted octanol–water partition coefficient (Wildman–Crippen LogP) is 3.20. The van der Waals surface area contributed by atoms with Crippen LogP contribution >= 0.6 is 24.4 Å². The molecular formula is C12H18N2S2. The number of rotatable bonds is 4. The molecule has 4 heteroatoms. The fourth-order valence-electron chi connectivity index (χ4n) is 1.55. The van der Waals surface area contributed by atoms with Gasteiger partial charge in [0.1, 0.15) is 0 Å². The molecule has 0 saturated heterocycles. The molecule has 0 bridgehead atoms. The molecule has 0 N–H and O–H groups in total. The Morgan fingerprint density at radius 1 is 1.19 bits per heavy atom. The average Bonchev–Trinajstić information content (AvgIpc) is 3.03. The molecule has 2 rings (SSSR count). The first-order valence-electron chi connectivity index (χ1n) is 5.62. The Kier molecular flexibility index (Phi) is 3.50. The number of thioether (sulfide) groups is 1. The second-order valence-corrected chi connectivity index (χ2v) is 6.01. The van der Waals surface area contributed by atoms with Crippen molar-refractivity contribution in [2.24, 2.45) is 5.41 Å². The molecule has 1 aromatic heterocycles. The first-order chi connectivity index (χ1) is 7.56. The monoisotopic (exact) mass is 254 g/mol. The Hall–Kier alpha value is -0.220. The van der Waals surface area contributed by atoms with Crippen LogP contribution in [0.1, 0.15) is 29.8 Å². The van der Waals surface area contributed by atoms with Crippen molar-refractivity contribution in [1.82, 2.24) is 9.97 Å². The van der Waals surface area contributed by atoms with E-state index in [-0.39, 0.29) is 0 Å². The molecule has 1 fully saturated rings. The van der Waals surface area contributed by atoms with E-state index < -0.39 is 0 Å². The van der Waals surface area contributed by atoms with Crippen molar-refractivity contribution >= 4 is 24.4 Å². The fourth-order valence-corrected chi connectivity index (χ4v) is 3.36. The van der Waals surface area contributed by atoms with E-state index in [1.165, 1.54) is 18.4 Å². The largest absolute Gasteiger partial charge is 0.228 e. The zero-order chi connectivity index (χ0) is 11.8. The molecule has 0 unspecified atom stereocenters. The summed E-state index contributed by atoms with van der Waals surface area (Å²) in [7, 11) is 0. The second kappa shape index (κ2) is 4.57. The van der Waals surface area contributed by atoms with E-state index in [1.807, 2.05) is 0 Å². The van der Waals surface area contributed by atoms with Gasteiger partial charge < -0.3 is 0 Å². The molecule has 0 spiro atoms. The Balaban J connectivity index is 2.05.